The number of aromatic nitrogens is 2. The van der Waals surface area contributed by atoms with E-state index >= 15 is 0 Å². The Morgan fingerprint density at radius 3 is 2.55 bits per heavy atom. The van der Waals surface area contributed by atoms with Crippen LogP contribution in [0.1, 0.15) is 22.4 Å². The SMILES string of the molecule is COc1c(C)cnc(CC(O)Cc2ccncc2)c1C. The molecule has 4 nitrogen and oxygen atoms in total. The molecule has 0 aromatic carbocycles. The maximum absolute atomic E-state index is 10.2. The summed E-state index contributed by atoms with van der Waals surface area (Å²) in [6, 6.07) is 3.83. The van der Waals surface area contributed by atoms with Crippen LogP contribution in [0, 0.1) is 13.8 Å². The highest BCUT2D eigenvalue weighted by molar-refractivity contribution is 5.41. The van der Waals surface area contributed by atoms with Crippen molar-refractivity contribution in [3.8, 4) is 5.75 Å². The molecule has 2 aromatic rings. The van der Waals surface area contributed by atoms with Crippen molar-refractivity contribution >= 4 is 0 Å². The number of nitrogens with zero attached hydrogens (tertiary/aromatic N) is 2. The first kappa shape index (κ1) is 14.5. The number of aliphatic hydroxyl groups is 1. The van der Waals surface area contributed by atoms with Crippen LogP contribution < -0.4 is 4.74 Å². The maximum Gasteiger partial charge on any atom is 0.128 e. The fourth-order valence-electron chi connectivity index (χ4n) is 2.36. The molecule has 0 radical (unpaired) electrons. The molecule has 1 N–H and O–H groups in total. The lowest BCUT2D eigenvalue weighted by Crippen LogP contribution is -2.16. The Labute approximate surface area is 119 Å². The number of hydrogen-bond donors (Lipinski definition) is 1. The number of rotatable bonds is 5. The lowest BCUT2D eigenvalue weighted by atomic mass is 10.0. The highest BCUT2D eigenvalue weighted by atomic mass is 16.5. The van der Waals surface area contributed by atoms with Crippen LogP contribution >= 0.6 is 0 Å². The highest BCUT2D eigenvalue weighted by Gasteiger charge is 2.14. The summed E-state index contributed by atoms with van der Waals surface area (Å²) >= 11 is 0. The Morgan fingerprint density at radius 2 is 1.90 bits per heavy atom. The highest BCUT2D eigenvalue weighted by Crippen LogP contribution is 2.24. The van der Waals surface area contributed by atoms with E-state index in [1.807, 2.05) is 26.0 Å². The van der Waals surface area contributed by atoms with E-state index in [1.54, 1.807) is 25.7 Å². The summed E-state index contributed by atoms with van der Waals surface area (Å²) in [4.78, 5) is 8.39. The summed E-state index contributed by atoms with van der Waals surface area (Å²) in [5, 5.41) is 10.2. The summed E-state index contributed by atoms with van der Waals surface area (Å²) in [6.07, 6.45) is 5.92. The van der Waals surface area contributed by atoms with Gasteiger partial charge in [0.2, 0.25) is 0 Å². The van der Waals surface area contributed by atoms with Gasteiger partial charge in [0.1, 0.15) is 5.75 Å². The molecule has 0 aliphatic rings. The minimum atomic E-state index is -0.462. The second-order valence-corrected chi connectivity index (χ2v) is 4.96. The van der Waals surface area contributed by atoms with Crippen molar-refractivity contribution in [2.45, 2.75) is 32.8 Å². The van der Waals surface area contributed by atoms with Crippen molar-refractivity contribution in [3.63, 3.8) is 0 Å². The Balaban J connectivity index is 2.10. The molecule has 2 rings (SSSR count). The average molecular weight is 272 g/mol. The number of methoxy groups -OCH3 is 1. The standard InChI is InChI=1S/C16H20N2O2/c1-11-10-18-15(12(2)16(11)20-3)9-14(19)8-13-4-6-17-7-5-13/h4-7,10,14,19H,8-9H2,1-3H3. The molecule has 2 heterocycles. The van der Waals surface area contributed by atoms with Gasteiger partial charge in [-0.25, -0.2) is 0 Å². The van der Waals surface area contributed by atoms with Crippen molar-refractivity contribution in [1.82, 2.24) is 9.97 Å². The van der Waals surface area contributed by atoms with Gasteiger partial charge in [0.05, 0.1) is 13.2 Å². The zero-order chi connectivity index (χ0) is 14.5. The monoisotopic (exact) mass is 272 g/mol. The predicted molar refractivity (Wildman–Crippen MR) is 77.9 cm³/mol. The van der Waals surface area contributed by atoms with Gasteiger partial charge < -0.3 is 9.84 Å². The predicted octanol–water partition coefficient (Wildman–Crippen LogP) is 2.25. The van der Waals surface area contributed by atoms with Crippen LogP contribution in [-0.4, -0.2) is 28.3 Å². The molecule has 0 saturated heterocycles. The van der Waals surface area contributed by atoms with Crippen LogP contribution in [0.5, 0.6) is 5.75 Å². The van der Waals surface area contributed by atoms with Gasteiger partial charge >= 0.3 is 0 Å². The molecule has 0 aliphatic carbocycles. The molecule has 0 amide bonds. The fraction of sp³-hybridized carbons (Fsp3) is 0.375. The third-order valence-electron chi connectivity index (χ3n) is 3.40. The summed E-state index contributed by atoms with van der Waals surface area (Å²) < 4.78 is 5.39. The summed E-state index contributed by atoms with van der Waals surface area (Å²) in [6.45, 7) is 3.95. The van der Waals surface area contributed by atoms with Crippen LogP contribution in [-0.2, 0) is 12.8 Å². The zero-order valence-electron chi connectivity index (χ0n) is 12.1. The van der Waals surface area contributed by atoms with Crippen molar-refractivity contribution in [2.24, 2.45) is 0 Å². The van der Waals surface area contributed by atoms with Gasteiger partial charge in [-0.05, 0) is 38.0 Å². The molecular formula is C16H20N2O2. The van der Waals surface area contributed by atoms with E-state index in [9.17, 15) is 5.11 Å². The lowest BCUT2D eigenvalue weighted by Gasteiger charge is -2.15. The molecule has 0 aliphatic heterocycles. The first-order chi connectivity index (χ1) is 9.61. The van der Waals surface area contributed by atoms with Crippen molar-refractivity contribution in [3.05, 3.63) is 53.1 Å². The zero-order valence-corrected chi connectivity index (χ0v) is 12.1. The van der Waals surface area contributed by atoms with E-state index < -0.39 is 6.10 Å². The Bertz CT molecular complexity index is 570. The first-order valence-corrected chi connectivity index (χ1v) is 6.68. The molecule has 2 aromatic heterocycles. The number of aryl methyl sites for hydroxylation is 1. The fourth-order valence-corrected chi connectivity index (χ4v) is 2.36. The molecule has 1 unspecified atom stereocenters. The summed E-state index contributed by atoms with van der Waals surface area (Å²) in [7, 11) is 1.66. The quantitative estimate of drug-likeness (QED) is 0.907. The van der Waals surface area contributed by atoms with Gasteiger partial charge in [0.25, 0.3) is 0 Å². The van der Waals surface area contributed by atoms with Gasteiger partial charge in [-0.2, -0.15) is 0 Å². The Morgan fingerprint density at radius 1 is 1.20 bits per heavy atom. The average Bonchev–Trinajstić information content (AvgIpc) is 2.44. The summed E-state index contributed by atoms with van der Waals surface area (Å²) in [5.74, 6) is 0.853. The van der Waals surface area contributed by atoms with Crippen LogP contribution in [0.2, 0.25) is 0 Å². The van der Waals surface area contributed by atoms with Crippen LogP contribution in [0.25, 0.3) is 0 Å². The number of pyridine rings is 2. The van der Waals surface area contributed by atoms with Crippen molar-refractivity contribution < 1.29 is 9.84 Å². The van der Waals surface area contributed by atoms with E-state index in [1.165, 1.54) is 0 Å². The van der Waals surface area contributed by atoms with Crippen LogP contribution in [0.15, 0.2) is 30.7 Å². The van der Waals surface area contributed by atoms with Gasteiger partial charge in [-0.1, -0.05) is 0 Å². The Hall–Kier alpha value is -1.94. The van der Waals surface area contributed by atoms with E-state index in [0.29, 0.717) is 12.8 Å². The summed E-state index contributed by atoms with van der Waals surface area (Å²) in [5.41, 5.74) is 3.97. The van der Waals surface area contributed by atoms with E-state index in [4.69, 9.17) is 4.74 Å². The van der Waals surface area contributed by atoms with Gasteiger partial charge in [0, 0.05) is 41.8 Å². The molecule has 20 heavy (non-hydrogen) atoms. The largest absolute Gasteiger partial charge is 0.496 e. The molecule has 0 saturated carbocycles. The molecule has 0 bridgehead atoms. The second kappa shape index (κ2) is 6.48. The molecule has 0 spiro atoms. The minimum absolute atomic E-state index is 0.462. The number of hydrogen-bond acceptors (Lipinski definition) is 4. The molecular weight excluding hydrogens is 252 g/mol. The van der Waals surface area contributed by atoms with Crippen molar-refractivity contribution in [2.75, 3.05) is 7.11 Å². The van der Waals surface area contributed by atoms with Gasteiger partial charge in [-0.3, -0.25) is 9.97 Å². The topological polar surface area (TPSA) is 55.2 Å². The number of aliphatic hydroxyl groups excluding tert-OH is 1. The molecule has 106 valence electrons. The first-order valence-electron chi connectivity index (χ1n) is 6.68. The van der Waals surface area contributed by atoms with Crippen LogP contribution in [0.3, 0.4) is 0 Å². The number of ether oxygens (including phenoxy) is 1. The van der Waals surface area contributed by atoms with Gasteiger partial charge in [-0.15, -0.1) is 0 Å². The van der Waals surface area contributed by atoms with E-state index in [2.05, 4.69) is 9.97 Å². The lowest BCUT2D eigenvalue weighted by molar-refractivity contribution is 0.174. The van der Waals surface area contributed by atoms with E-state index in [-0.39, 0.29) is 0 Å². The normalized spacial score (nSPS) is 12.2. The van der Waals surface area contributed by atoms with Gasteiger partial charge in [0.15, 0.2) is 0 Å². The van der Waals surface area contributed by atoms with E-state index in [0.717, 1.165) is 28.1 Å². The maximum atomic E-state index is 10.2. The molecule has 1 atom stereocenters. The smallest absolute Gasteiger partial charge is 0.128 e. The second-order valence-electron chi connectivity index (χ2n) is 4.96. The Kier molecular flexibility index (Phi) is 4.69. The minimum Gasteiger partial charge on any atom is -0.496 e. The van der Waals surface area contributed by atoms with Crippen molar-refractivity contribution in [1.29, 1.82) is 0 Å². The molecule has 0 fully saturated rings. The molecule has 4 heteroatoms. The third-order valence-corrected chi connectivity index (χ3v) is 3.40. The third kappa shape index (κ3) is 3.33. The van der Waals surface area contributed by atoms with Crippen LogP contribution in [0.4, 0.5) is 0 Å².